The molecule has 1 aliphatic rings. The molecule has 1 aromatic carbocycles. The summed E-state index contributed by atoms with van der Waals surface area (Å²) in [5.41, 5.74) is 0.431. The quantitative estimate of drug-likeness (QED) is 0.674. The topological polar surface area (TPSA) is 90.2 Å². The van der Waals surface area contributed by atoms with Gasteiger partial charge in [-0.1, -0.05) is 0 Å². The molecule has 4 rings (SSSR count). The van der Waals surface area contributed by atoms with Crippen LogP contribution in [0.5, 0.6) is 0 Å². The Morgan fingerprint density at radius 1 is 1.19 bits per heavy atom. The highest BCUT2D eigenvalue weighted by molar-refractivity contribution is 7.89. The zero-order valence-corrected chi connectivity index (χ0v) is 15.9. The lowest BCUT2D eigenvalue weighted by Gasteiger charge is -2.12. The molecule has 1 fully saturated rings. The summed E-state index contributed by atoms with van der Waals surface area (Å²) < 4.78 is 31.0. The Hall–Kier alpha value is -2.23. The van der Waals surface area contributed by atoms with Crippen molar-refractivity contribution in [2.75, 3.05) is 0 Å². The van der Waals surface area contributed by atoms with E-state index in [2.05, 4.69) is 4.72 Å². The first-order chi connectivity index (χ1) is 12.2. The summed E-state index contributed by atoms with van der Waals surface area (Å²) in [4.78, 5) is 24.2. The number of rotatable bonds is 5. The van der Waals surface area contributed by atoms with Crippen LogP contribution in [0.15, 0.2) is 40.0 Å². The van der Waals surface area contributed by atoms with Crippen LogP contribution >= 0.6 is 11.3 Å². The minimum atomic E-state index is -3.68. The Labute approximate surface area is 153 Å². The van der Waals surface area contributed by atoms with E-state index in [0.717, 1.165) is 19.1 Å². The first kappa shape index (κ1) is 17.2. The van der Waals surface area contributed by atoms with Gasteiger partial charge in [-0.25, -0.2) is 17.9 Å². The number of aryl methyl sites for hydroxylation is 1. The molecular formula is C17H17N3O4S2. The Balaban J connectivity index is 1.91. The molecule has 7 nitrogen and oxygen atoms in total. The monoisotopic (exact) mass is 391 g/mol. The number of hydrogen-bond donors (Lipinski definition) is 1. The minimum absolute atomic E-state index is 0.115. The zero-order valence-electron chi connectivity index (χ0n) is 14.2. The van der Waals surface area contributed by atoms with Gasteiger partial charge in [-0.15, -0.1) is 11.3 Å². The molecule has 0 saturated heterocycles. The molecule has 0 unspecified atom stereocenters. The van der Waals surface area contributed by atoms with Gasteiger partial charge in [-0.05, 0) is 50.1 Å². The molecule has 2 heterocycles. The van der Waals surface area contributed by atoms with Crippen molar-refractivity contribution in [2.24, 2.45) is 7.05 Å². The molecule has 136 valence electrons. The maximum Gasteiger partial charge on any atom is 0.334 e. The summed E-state index contributed by atoms with van der Waals surface area (Å²) in [5, 5.41) is 0.569. The lowest BCUT2D eigenvalue weighted by atomic mass is 10.3. The van der Waals surface area contributed by atoms with Gasteiger partial charge >= 0.3 is 5.69 Å². The predicted molar refractivity (Wildman–Crippen MR) is 99.7 cm³/mol. The van der Waals surface area contributed by atoms with Gasteiger partial charge in [-0.3, -0.25) is 13.9 Å². The van der Waals surface area contributed by atoms with Crippen molar-refractivity contribution >= 4 is 38.7 Å². The van der Waals surface area contributed by atoms with Gasteiger partial charge < -0.3 is 0 Å². The highest BCUT2D eigenvalue weighted by atomic mass is 32.2. The Morgan fingerprint density at radius 3 is 2.54 bits per heavy atom. The maximum absolute atomic E-state index is 12.7. The van der Waals surface area contributed by atoms with Crippen molar-refractivity contribution in [2.45, 2.75) is 30.2 Å². The first-order valence-corrected chi connectivity index (χ1v) is 10.3. The molecule has 0 atom stereocenters. The summed E-state index contributed by atoms with van der Waals surface area (Å²) >= 11 is 1.18. The van der Waals surface area contributed by atoms with Crippen LogP contribution in [0, 0.1) is 0 Å². The van der Waals surface area contributed by atoms with Crippen LogP contribution in [0.4, 0.5) is 0 Å². The van der Waals surface area contributed by atoms with Gasteiger partial charge in [0.05, 0.1) is 20.8 Å². The minimum Gasteiger partial charge on any atom is -0.297 e. The third-order valence-electron chi connectivity index (χ3n) is 4.67. The molecule has 0 spiro atoms. The summed E-state index contributed by atoms with van der Waals surface area (Å²) in [6.07, 6.45) is 2.35. The molecule has 0 bridgehead atoms. The molecule has 1 N–H and O–H groups in total. The Kier molecular flexibility index (Phi) is 3.73. The van der Waals surface area contributed by atoms with Gasteiger partial charge in [0.1, 0.15) is 5.00 Å². The number of imidazole rings is 1. The highest BCUT2D eigenvalue weighted by Gasteiger charge is 2.41. The number of nitrogens with zero attached hydrogens (tertiary/aromatic N) is 2. The molecule has 1 saturated carbocycles. The molecule has 1 aliphatic carbocycles. The normalized spacial score (nSPS) is 16.1. The van der Waals surface area contributed by atoms with E-state index in [1.807, 2.05) is 6.92 Å². The molecule has 0 aliphatic heterocycles. The largest absolute Gasteiger partial charge is 0.334 e. The van der Waals surface area contributed by atoms with E-state index in [1.54, 1.807) is 25.2 Å². The molecule has 3 aromatic rings. The average molecular weight is 391 g/mol. The second-order valence-electron chi connectivity index (χ2n) is 6.79. The first-order valence-electron chi connectivity index (χ1n) is 8.05. The molecule has 0 amide bonds. The predicted octanol–water partition coefficient (Wildman–Crippen LogP) is 2.03. The molecule has 0 radical (unpaired) electrons. The fraction of sp³-hybridized carbons (Fsp3) is 0.294. The van der Waals surface area contributed by atoms with Crippen molar-refractivity contribution < 1.29 is 13.2 Å². The number of benzene rings is 1. The number of carbonyl (C=O) groups excluding carboxylic acids is 1. The molecular weight excluding hydrogens is 374 g/mol. The van der Waals surface area contributed by atoms with Crippen LogP contribution < -0.4 is 10.4 Å². The van der Waals surface area contributed by atoms with Crippen molar-refractivity contribution in [3.8, 4) is 5.00 Å². The number of thiophene rings is 1. The number of nitrogens with one attached hydrogen (secondary N) is 1. The molecule has 2 aromatic heterocycles. The Morgan fingerprint density at radius 2 is 1.92 bits per heavy atom. The van der Waals surface area contributed by atoms with E-state index in [1.165, 1.54) is 32.6 Å². The summed E-state index contributed by atoms with van der Waals surface area (Å²) in [5.74, 6) is 0. The lowest BCUT2D eigenvalue weighted by molar-refractivity contribution is 0.112. The standard InChI is InChI=1S/C17H17N3O4S2/c1-17(7-8-17)18-26(23,24)12-4-5-13-14(9-12)20(16(22)19(13)2)15-6-3-11(10-21)25-15/h3-6,9-10,18H,7-8H2,1-2H3. The van der Waals surface area contributed by atoms with E-state index in [9.17, 15) is 18.0 Å². The molecule has 9 heteroatoms. The third-order valence-corrected chi connectivity index (χ3v) is 7.30. The molecule has 26 heavy (non-hydrogen) atoms. The number of aromatic nitrogens is 2. The Bertz CT molecular complexity index is 1200. The van der Waals surface area contributed by atoms with Gasteiger partial charge in [0, 0.05) is 12.6 Å². The number of hydrogen-bond acceptors (Lipinski definition) is 5. The smallest absolute Gasteiger partial charge is 0.297 e. The fourth-order valence-corrected chi connectivity index (χ4v) is 5.22. The SMILES string of the molecule is Cn1c(=O)n(-c2ccc(C=O)s2)c2cc(S(=O)(=O)NC3(C)CC3)ccc21. The maximum atomic E-state index is 12.7. The zero-order chi connectivity index (χ0) is 18.7. The number of sulfonamides is 1. The number of aldehydes is 1. The van der Waals surface area contributed by atoms with Gasteiger partial charge in [-0.2, -0.15) is 0 Å². The van der Waals surface area contributed by atoms with Crippen molar-refractivity contribution in [3.05, 3.63) is 45.7 Å². The number of fused-ring (bicyclic) bond motifs is 1. The van der Waals surface area contributed by atoms with Crippen LogP contribution in [0.2, 0.25) is 0 Å². The van der Waals surface area contributed by atoms with Crippen LogP contribution in [-0.2, 0) is 17.1 Å². The van der Waals surface area contributed by atoms with E-state index in [4.69, 9.17) is 0 Å². The number of carbonyl (C=O) groups is 1. The van der Waals surface area contributed by atoms with Gasteiger partial charge in [0.25, 0.3) is 0 Å². The summed E-state index contributed by atoms with van der Waals surface area (Å²) in [6.45, 7) is 1.87. The van der Waals surface area contributed by atoms with E-state index in [0.29, 0.717) is 20.9 Å². The third kappa shape index (κ3) is 2.72. The highest BCUT2D eigenvalue weighted by Crippen LogP contribution is 2.36. The van der Waals surface area contributed by atoms with Crippen LogP contribution in [0.1, 0.15) is 29.4 Å². The van der Waals surface area contributed by atoms with E-state index in [-0.39, 0.29) is 16.1 Å². The summed E-state index contributed by atoms with van der Waals surface area (Å²) in [6, 6.07) is 7.95. The van der Waals surface area contributed by atoms with Crippen molar-refractivity contribution in [1.82, 2.24) is 13.9 Å². The average Bonchev–Trinajstić information content (AvgIpc) is 3.04. The van der Waals surface area contributed by atoms with Crippen molar-refractivity contribution in [3.63, 3.8) is 0 Å². The van der Waals surface area contributed by atoms with Crippen LogP contribution in [0.3, 0.4) is 0 Å². The van der Waals surface area contributed by atoms with E-state index < -0.39 is 10.0 Å². The fourth-order valence-electron chi connectivity index (χ4n) is 2.90. The summed E-state index contributed by atoms with van der Waals surface area (Å²) in [7, 11) is -2.04. The second kappa shape index (κ2) is 5.63. The van der Waals surface area contributed by atoms with Gasteiger partial charge in [0.15, 0.2) is 6.29 Å². The van der Waals surface area contributed by atoms with E-state index >= 15 is 0 Å². The van der Waals surface area contributed by atoms with Crippen molar-refractivity contribution in [1.29, 1.82) is 0 Å². The van der Waals surface area contributed by atoms with Crippen LogP contribution in [0.25, 0.3) is 16.0 Å². The van der Waals surface area contributed by atoms with Crippen LogP contribution in [-0.4, -0.2) is 29.4 Å². The van der Waals surface area contributed by atoms with Gasteiger partial charge in [0.2, 0.25) is 10.0 Å². The second-order valence-corrected chi connectivity index (χ2v) is 9.56. The lowest BCUT2D eigenvalue weighted by Crippen LogP contribution is -2.34.